The first kappa shape index (κ1) is 17.5. The average molecular weight is 277 g/mol. The van der Waals surface area contributed by atoms with Crippen molar-refractivity contribution in [3.63, 3.8) is 0 Å². The molecule has 1 aliphatic rings. The summed E-state index contributed by atoms with van der Waals surface area (Å²) >= 11 is 0. The second-order valence-electron chi connectivity index (χ2n) is 6.87. The first-order chi connectivity index (χ1) is 9.56. The van der Waals surface area contributed by atoms with Crippen LogP contribution in [0.5, 0.6) is 0 Å². The van der Waals surface area contributed by atoms with E-state index in [1.807, 2.05) is 0 Å². The van der Waals surface area contributed by atoms with Crippen molar-refractivity contribution in [2.75, 3.05) is 0 Å². The van der Waals surface area contributed by atoms with E-state index in [0.29, 0.717) is 0 Å². The molecule has 3 atom stereocenters. The van der Waals surface area contributed by atoms with Gasteiger partial charge in [-0.05, 0) is 54.6 Å². The van der Waals surface area contributed by atoms with Crippen LogP contribution in [0.3, 0.4) is 0 Å². The fourth-order valence-electron chi connectivity index (χ4n) is 3.93. The molecule has 20 heavy (non-hydrogen) atoms. The molecule has 0 bridgehead atoms. The molecule has 0 aromatic heterocycles. The Hall–Kier alpha value is -0.520. The lowest BCUT2D eigenvalue weighted by Gasteiger charge is -2.25. The fraction of sp³-hybridized carbons (Fsp3) is 0.800. The molecular weight excluding hydrogens is 240 g/mol. The molecule has 0 nitrogen and oxygen atoms in total. The minimum Gasteiger partial charge on any atom is -0.0767 e. The maximum Gasteiger partial charge on any atom is -0.0124 e. The number of hydrogen-bond donors (Lipinski definition) is 0. The zero-order chi connectivity index (χ0) is 15.1. The van der Waals surface area contributed by atoms with Gasteiger partial charge in [0.25, 0.3) is 0 Å². The van der Waals surface area contributed by atoms with Crippen LogP contribution >= 0.6 is 0 Å². The second kappa shape index (κ2) is 8.70. The molecule has 3 unspecified atom stereocenters. The van der Waals surface area contributed by atoms with Crippen molar-refractivity contribution in [2.24, 2.45) is 17.8 Å². The Labute approximate surface area is 127 Å². The van der Waals surface area contributed by atoms with E-state index in [4.69, 9.17) is 0 Å². The lowest BCUT2D eigenvalue weighted by atomic mass is 9.80. The van der Waals surface area contributed by atoms with Gasteiger partial charge in [-0.2, -0.15) is 0 Å². The van der Waals surface area contributed by atoms with Crippen LogP contribution in [-0.2, 0) is 0 Å². The number of allylic oxidation sites excluding steroid dienone is 4. The van der Waals surface area contributed by atoms with Crippen LogP contribution in [0.25, 0.3) is 0 Å². The minimum absolute atomic E-state index is 0.751. The highest BCUT2D eigenvalue weighted by Crippen LogP contribution is 2.42. The summed E-state index contributed by atoms with van der Waals surface area (Å²) in [6.45, 7) is 14.3. The van der Waals surface area contributed by atoms with E-state index in [0.717, 1.165) is 17.8 Å². The van der Waals surface area contributed by atoms with Gasteiger partial charge in [-0.3, -0.25) is 0 Å². The van der Waals surface area contributed by atoms with Gasteiger partial charge in [0, 0.05) is 0 Å². The van der Waals surface area contributed by atoms with Gasteiger partial charge in [-0.15, -0.1) is 0 Å². The molecule has 0 amide bonds. The summed E-state index contributed by atoms with van der Waals surface area (Å²) in [5.41, 5.74) is 5.23. The molecule has 0 aromatic rings. The zero-order valence-electron chi connectivity index (χ0n) is 14.8. The van der Waals surface area contributed by atoms with Crippen LogP contribution < -0.4 is 0 Å². The molecule has 116 valence electrons. The lowest BCUT2D eigenvalue weighted by Crippen LogP contribution is -2.11. The summed E-state index contributed by atoms with van der Waals surface area (Å²) in [6, 6.07) is 0. The number of hydrogen-bond acceptors (Lipinski definition) is 0. The third-order valence-electron chi connectivity index (χ3n) is 4.98. The van der Waals surface area contributed by atoms with Crippen molar-refractivity contribution in [3.05, 3.63) is 22.8 Å². The third kappa shape index (κ3) is 4.24. The van der Waals surface area contributed by atoms with Gasteiger partial charge in [0.2, 0.25) is 0 Å². The van der Waals surface area contributed by atoms with Crippen LogP contribution in [0.1, 0.15) is 86.5 Å². The van der Waals surface area contributed by atoms with Crippen LogP contribution in [0.2, 0.25) is 0 Å². The maximum absolute atomic E-state index is 2.56. The maximum atomic E-state index is 2.56. The molecule has 0 N–H and O–H groups in total. The molecule has 1 rings (SSSR count). The standard InChI is InChI=1S/C20H36/c1-7-10-15(4)18-13-14-19(16(5)11-8-2)20(18)17(6)12-9-3/h13,15-17H,7-12,14H2,1-6H3. The molecule has 1 aliphatic carbocycles. The summed E-state index contributed by atoms with van der Waals surface area (Å²) in [6.07, 6.45) is 11.7. The van der Waals surface area contributed by atoms with Gasteiger partial charge in [0.15, 0.2) is 0 Å². The van der Waals surface area contributed by atoms with Crippen LogP contribution in [0, 0.1) is 17.8 Å². The second-order valence-corrected chi connectivity index (χ2v) is 6.87. The Morgan fingerprint density at radius 1 is 0.800 bits per heavy atom. The Balaban J connectivity index is 3.01. The first-order valence-corrected chi connectivity index (χ1v) is 8.99. The van der Waals surface area contributed by atoms with E-state index in [-0.39, 0.29) is 0 Å². The van der Waals surface area contributed by atoms with E-state index >= 15 is 0 Å². The summed E-state index contributed by atoms with van der Waals surface area (Å²) in [7, 11) is 0. The molecule has 0 saturated carbocycles. The van der Waals surface area contributed by atoms with Gasteiger partial charge in [-0.1, -0.05) is 72.5 Å². The summed E-state index contributed by atoms with van der Waals surface area (Å²) in [5.74, 6) is 2.28. The van der Waals surface area contributed by atoms with Gasteiger partial charge in [0.1, 0.15) is 0 Å². The van der Waals surface area contributed by atoms with E-state index in [1.54, 1.807) is 16.7 Å². The Kier molecular flexibility index (Phi) is 7.62. The molecule has 0 heterocycles. The monoisotopic (exact) mass is 276 g/mol. The van der Waals surface area contributed by atoms with Crippen molar-refractivity contribution in [3.8, 4) is 0 Å². The first-order valence-electron chi connectivity index (χ1n) is 8.99. The normalized spacial score (nSPS) is 20.0. The Bertz CT molecular complexity index is 345. The molecule has 0 radical (unpaired) electrons. The van der Waals surface area contributed by atoms with E-state index < -0.39 is 0 Å². The smallest absolute Gasteiger partial charge is 0.0124 e. The van der Waals surface area contributed by atoms with Crippen LogP contribution in [0.4, 0.5) is 0 Å². The van der Waals surface area contributed by atoms with Gasteiger partial charge in [0.05, 0.1) is 0 Å². The van der Waals surface area contributed by atoms with Crippen LogP contribution in [-0.4, -0.2) is 0 Å². The third-order valence-corrected chi connectivity index (χ3v) is 4.98. The van der Waals surface area contributed by atoms with Crippen molar-refractivity contribution < 1.29 is 0 Å². The van der Waals surface area contributed by atoms with Crippen molar-refractivity contribution >= 4 is 0 Å². The predicted molar refractivity (Wildman–Crippen MR) is 91.9 cm³/mol. The fourth-order valence-corrected chi connectivity index (χ4v) is 3.93. The highest BCUT2D eigenvalue weighted by Gasteiger charge is 2.27. The molecule has 0 saturated heterocycles. The van der Waals surface area contributed by atoms with E-state index in [2.05, 4.69) is 47.6 Å². The topological polar surface area (TPSA) is 0 Å². The van der Waals surface area contributed by atoms with E-state index in [9.17, 15) is 0 Å². The van der Waals surface area contributed by atoms with Gasteiger partial charge < -0.3 is 0 Å². The van der Waals surface area contributed by atoms with Gasteiger partial charge in [-0.25, -0.2) is 0 Å². The Morgan fingerprint density at radius 2 is 1.30 bits per heavy atom. The quantitative estimate of drug-likeness (QED) is 0.428. The summed E-state index contributed by atoms with van der Waals surface area (Å²) < 4.78 is 0. The Morgan fingerprint density at radius 3 is 1.85 bits per heavy atom. The predicted octanol–water partition coefficient (Wildman–Crippen LogP) is 6.92. The molecule has 0 heteroatoms. The molecular formula is C20H36. The van der Waals surface area contributed by atoms with Gasteiger partial charge >= 0.3 is 0 Å². The van der Waals surface area contributed by atoms with Crippen molar-refractivity contribution in [1.82, 2.24) is 0 Å². The average Bonchev–Trinajstić information content (AvgIpc) is 2.84. The zero-order valence-corrected chi connectivity index (χ0v) is 14.8. The summed E-state index contributed by atoms with van der Waals surface area (Å²) in [5, 5.41) is 0. The number of rotatable bonds is 9. The SMILES string of the molecule is CCCC(C)C1=CCC(C(C)CCC)=C1C(C)CCC. The van der Waals surface area contributed by atoms with Crippen LogP contribution in [0.15, 0.2) is 22.8 Å². The minimum atomic E-state index is 0.751. The molecule has 0 spiro atoms. The highest BCUT2D eigenvalue weighted by molar-refractivity contribution is 5.45. The van der Waals surface area contributed by atoms with Crippen molar-refractivity contribution in [2.45, 2.75) is 86.5 Å². The largest absolute Gasteiger partial charge is 0.0767 e. The molecule has 0 fully saturated rings. The van der Waals surface area contributed by atoms with E-state index in [1.165, 1.54) is 44.9 Å². The molecule has 0 aliphatic heterocycles. The highest BCUT2D eigenvalue weighted by atomic mass is 14.3. The van der Waals surface area contributed by atoms with Crippen molar-refractivity contribution in [1.29, 1.82) is 0 Å². The summed E-state index contributed by atoms with van der Waals surface area (Å²) in [4.78, 5) is 0. The lowest BCUT2D eigenvalue weighted by molar-refractivity contribution is 0.535. The molecule has 0 aromatic carbocycles.